The third-order valence-corrected chi connectivity index (χ3v) is 10.8. The van der Waals surface area contributed by atoms with Gasteiger partial charge in [0.25, 0.3) is 0 Å². The Morgan fingerprint density at radius 1 is 0.407 bits per heavy atom. The number of nitrogens with zero attached hydrogens (tertiary/aromatic N) is 6. The monoisotopic (exact) mass is 708 g/mol. The molecule has 0 aliphatic rings. The number of hydrogen-bond acceptors (Lipinski definition) is 6. The van der Waals surface area contributed by atoms with Crippen LogP contribution in [0, 0.1) is 0 Å². The third kappa shape index (κ3) is 4.90. The first-order valence-corrected chi connectivity index (χ1v) is 18.6. The number of fused-ring (bicyclic) bond motifs is 8. The van der Waals surface area contributed by atoms with Crippen molar-refractivity contribution in [2.45, 2.75) is 0 Å². The summed E-state index contributed by atoms with van der Waals surface area (Å²) in [6.45, 7) is 0. The second-order valence-corrected chi connectivity index (χ2v) is 14.0. The van der Waals surface area contributed by atoms with Gasteiger partial charge in [-0.05, 0) is 48.5 Å². The van der Waals surface area contributed by atoms with Crippen LogP contribution in [-0.4, -0.2) is 28.3 Å². The van der Waals surface area contributed by atoms with Crippen molar-refractivity contribution in [2.75, 3.05) is 0 Å². The van der Waals surface area contributed by atoms with Gasteiger partial charge in [-0.15, -0.1) is 0 Å². The van der Waals surface area contributed by atoms with Crippen molar-refractivity contribution in [3.05, 3.63) is 170 Å². The van der Waals surface area contributed by atoms with Crippen molar-refractivity contribution < 1.29 is 0 Å². The van der Waals surface area contributed by atoms with Gasteiger partial charge in [-0.1, -0.05) is 121 Å². The summed E-state index contributed by atoms with van der Waals surface area (Å²) < 4.78 is 11.6. The zero-order chi connectivity index (χ0) is 35.6. The molecule has 0 fully saturated rings. The molecule has 0 saturated heterocycles. The number of hydrogen-bond donors (Lipinski definition) is 0. The molecule has 11 aromatic rings. The van der Waals surface area contributed by atoms with Crippen molar-refractivity contribution in [2.24, 2.45) is 0 Å². The van der Waals surface area contributed by atoms with Gasteiger partial charge in [-0.3, -0.25) is 0 Å². The maximum atomic E-state index is 5.31. The zero-order valence-electron chi connectivity index (χ0n) is 28.8. The highest BCUT2D eigenvalue weighted by molar-refractivity contribution is 7.00. The lowest BCUT2D eigenvalue weighted by Gasteiger charge is -2.13. The average Bonchev–Trinajstić information content (AvgIpc) is 3.87. The van der Waals surface area contributed by atoms with Gasteiger partial charge in [0.1, 0.15) is 11.0 Å². The van der Waals surface area contributed by atoms with E-state index in [2.05, 4.69) is 148 Å². The van der Waals surface area contributed by atoms with E-state index in [1.165, 1.54) is 33.5 Å². The van der Waals surface area contributed by atoms with E-state index < -0.39 is 0 Å². The molecule has 54 heavy (non-hydrogen) atoms. The molecule has 4 heterocycles. The molecule has 0 aliphatic carbocycles. The van der Waals surface area contributed by atoms with Crippen LogP contribution in [-0.2, 0) is 0 Å². The quantitative estimate of drug-likeness (QED) is 0.166. The number of rotatable bonds is 5. The van der Waals surface area contributed by atoms with Crippen LogP contribution in [0.3, 0.4) is 0 Å². The molecule has 7 heteroatoms. The standard InChI is InChI=1S/C47H28N6S/c1-3-12-29(13-4-1)45-37-24-25-38-46(52-54-51-38)44(37)36-23-22-32(27-41(36)48-45)40-28-39(49-47(50-40)30-14-5-2-6-15-30)31-16-11-17-33(26-31)53-42-20-9-7-18-34(42)35-19-8-10-21-43(35)53/h1-28H. The number of aromatic nitrogens is 6. The summed E-state index contributed by atoms with van der Waals surface area (Å²) in [7, 11) is 0. The van der Waals surface area contributed by atoms with Gasteiger partial charge < -0.3 is 4.57 Å². The second-order valence-electron chi connectivity index (χ2n) is 13.4. The summed E-state index contributed by atoms with van der Waals surface area (Å²) in [4.78, 5) is 15.7. The molecular formula is C47H28N6S. The van der Waals surface area contributed by atoms with Crippen LogP contribution in [0.15, 0.2) is 170 Å². The van der Waals surface area contributed by atoms with Crippen LogP contribution in [0.5, 0.6) is 0 Å². The fourth-order valence-corrected chi connectivity index (χ4v) is 8.32. The number of benzene rings is 7. The molecule has 4 aromatic heterocycles. The van der Waals surface area contributed by atoms with Crippen molar-refractivity contribution >= 4 is 66.2 Å². The summed E-state index contributed by atoms with van der Waals surface area (Å²) in [5, 5.41) is 5.61. The lowest BCUT2D eigenvalue weighted by molar-refractivity contribution is 1.16. The molecule has 0 amide bonds. The van der Waals surface area contributed by atoms with Gasteiger partial charge in [0.15, 0.2) is 5.82 Å². The molecule has 252 valence electrons. The van der Waals surface area contributed by atoms with E-state index in [0.29, 0.717) is 5.82 Å². The molecule has 6 nitrogen and oxygen atoms in total. The maximum absolute atomic E-state index is 5.31. The Hall–Kier alpha value is -7.09. The highest BCUT2D eigenvalue weighted by Crippen LogP contribution is 2.39. The first kappa shape index (κ1) is 30.5. The highest BCUT2D eigenvalue weighted by atomic mass is 32.1. The predicted octanol–water partition coefficient (Wildman–Crippen LogP) is 11.9. The first-order valence-electron chi connectivity index (χ1n) is 17.8. The minimum atomic E-state index is 0.664. The van der Waals surface area contributed by atoms with E-state index in [1.54, 1.807) is 0 Å². The minimum absolute atomic E-state index is 0.664. The van der Waals surface area contributed by atoms with E-state index in [9.17, 15) is 0 Å². The largest absolute Gasteiger partial charge is 0.309 e. The molecule has 7 aromatic carbocycles. The molecule has 0 N–H and O–H groups in total. The maximum Gasteiger partial charge on any atom is 0.160 e. The molecule has 0 aliphatic heterocycles. The summed E-state index contributed by atoms with van der Waals surface area (Å²) in [5.74, 6) is 0.664. The second kappa shape index (κ2) is 12.3. The third-order valence-electron chi connectivity index (χ3n) is 10.3. The molecule has 0 atom stereocenters. The Bertz CT molecular complexity index is 3170. The first-order chi connectivity index (χ1) is 26.8. The Balaban J connectivity index is 1.12. The van der Waals surface area contributed by atoms with Crippen molar-refractivity contribution in [3.8, 4) is 50.8 Å². The Morgan fingerprint density at radius 2 is 1.04 bits per heavy atom. The summed E-state index contributed by atoms with van der Waals surface area (Å²) >= 11 is 1.24. The van der Waals surface area contributed by atoms with Crippen LogP contribution < -0.4 is 0 Å². The Kier molecular flexibility index (Phi) is 6.93. The summed E-state index contributed by atoms with van der Waals surface area (Å²) in [5.41, 5.74) is 12.6. The van der Waals surface area contributed by atoms with Crippen LogP contribution in [0.1, 0.15) is 0 Å². The average molecular weight is 709 g/mol. The minimum Gasteiger partial charge on any atom is -0.309 e. The summed E-state index contributed by atoms with van der Waals surface area (Å²) in [6, 6.07) is 59.1. The SMILES string of the molecule is c1ccc(-c2nc(-c3cccc(-n4c5ccccc5c5ccccc54)c3)cc(-c3ccc4c(c3)nc(-c3ccccc3)c3ccc5nsnc5c34)n2)cc1. The highest BCUT2D eigenvalue weighted by Gasteiger charge is 2.18. The van der Waals surface area contributed by atoms with E-state index in [4.69, 9.17) is 19.3 Å². The van der Waals surface area contributed by atoms with Crippen LogP contribution in [0.25, 0.3) is 105 Å². The van der Waals surface area contributed by atoms with Crippen molar-refractivity contribution in [1.82, 2.24) is 28.3 Å². The van der Waals surface area contributed by atoms with Crippen LogP contribution in [0.2, 0.25) is 0 Å². The number of para-hydroxylation sites is 2. The number of pyridine rings is 1. The Morgan fingerprint density at radius 3 is 1.78 bits per heavy atom. The normalized spacial score (nSPS) is 11.7. The molecule has 0 spiro atoms. The molecular weight excluding hydrogens is 681 g/mol. The van der Waals surface area contributed by atoms with Gasteiger partial charge in [-0.25, -0.2) is 15.0 Å². The van der Waals surface area contributed by atoms with Gasteiger partial charge >= 0.3 is 0 Å². The zero-order valence-corrected chi connectivity index (χ0v) is 29.6. The predicted molar refractivity (Wildman–Crippen MR) is 222 cm³/mol. The smallest absolute Gasteiger partial charge is 0.160 e. The van der Waals surface area contributed by atoms with Crippen molar-refractivity contribution in [1.29, 1.82) is 0 Å². The van der Waals surface area contributed by atoms with E-state index in [-0.39, 0.29) is 0 Å². The van der Waals surface area contributed by atoms with Gasteiger partial charge in [0.2, 0.25) is 0 Å². The summed E-state index contributed by atoms with van der Waals surface area (Å²) in [6.07, 6.45) is 0. The Labute approximate surface area is 314 Å². The van der Waals surface area contributed by atoms with Gasteiger partial charge in [0, 0.05) is 54.9 Å². The van der Waals surface area contributed by atoms with E-state index in [0.717, 1.165) is 77.7 Å². The lowest BCUT2D eigenvalue weighted by atomic mass is 9.97. The molecule has 0 saturated carbocycles. The van der Waals surface area contributed by atoms with Crippen molar-refractivity contribution in [3.63, 3.8) is 0 Å². The molecule has 11 rings (SSSR count). The van der Waals surface area contributed by atoms with Gasteiger partial charge in [-0.2, -0.15) is 8.75 Å². The van der Waals surface area contributed by atoms with Crippen LogP contribution >= 0.6 is 11.7 Å². The molecule has 0 radical (unpaired) electrons. The van der Waals surface area contributed by atoms with Crippen LogP contribution in [0.4, 0.5) is 0 Å². The van der Waals surface area contributed by atoms with E-state index >= 15 is 0 Å². The fraction of sp³-hybridized carbons (Fsp3) is 0. The molecule has 0 bridgehead atoms. The molecule has 0 unspecified atom stereocenters. The van der Waals surface area contributed by atoms with E-state index in [1.807, 2.05) is 30.3 Å². The fourth-order valence-electron chi connectivity index (χ4n) is 7.78. The topological polar surface area (TPSA) is 69.4 Å². The lowest BCUT2D eigenvalue weighted by Crippen LogP contribution is -1.98. The van der Waals surface area contributed by atoms with Gasteiger partial charge in [0.05, 0.1) is 45.4 Å².